The smallest absolute Gasteiger partial charge is 0.297 e. The monoisotopic (exact) mass is 904 g/mol. The first-order chi connectivity index (χ1) is 37.4. The van der Waals surface area contributed by atoms with E-state index in [-0.39, 0.29) is 57.9 Å². The van der Waals surface area contributed by atoms with Crippen molar-refractivity contribution in [2.24, 2.45) is 0 Å². The van der Waals surface area contributed by atoms with Gasteiger partial charge in [0.1, 0.15) is 5.58 Å². The zero-order chi connectivity index (χ0) is 59.1. The molecular weight excluding hydrogens is 824 g/mol. The van der Waals surface area contributed by atoms with Crippen LogP contribution in [0.3, 0.4) is 0 Å². The first-order valence-electron chi connectivity index (χ1n) is 30.4. The molecule has 0 saturated carbocycles. The first kappa shape index (κ1) is 31.7. The van der Waals surface area contributed by atoms with Crippen molar-refractivity contribution in [3.8, 4) is 11.1 Å². The van der Waals surface area contributed by atoms with Crippen molar-refractivity contribution in [2.45, 2.75) is 130 Å². The lowest BCUT2D eigenvalue weighted by Crippen LogP contribution is -2.61. The van der Waals surface area contributed by atoms with Crippen molar-refractivity contribution in [2.75, 3.05) is 9.80 Å². The van der Waals surface area contributed by atoms with E-state index >= 15 is 0 Å². The number of benzene rings is 7. The fraction of sp³-hybridized carbons (Fsp3) is 0.312. The molecule has 0 fully saturated rings. The molecule has 7 aromatic carbocycles. The fourth-order valence-electron chi connectivity index (χ4n) is 11.0. The highest BCUT2D eigenvalue weighted by Crippen LogP contribution is 2.53. The van der Waals surface area contributed by atoms with Gasteiger partial charge in [0, 0.05) is 43.2 Å². The average molecular weight is 904 g/mol. The molecule has 0 saturated heterocycles. The van der Waals surface area contributed by atoms with Gasteiger partial charge in [0.05, 0.1) is 30.7 Å². The standard InChI is InChI=1S/C64H67BN2O/c1-40-34-54-57-55(35-40)67(52-30-26-44(61(5,6)7)36-47(52)41-20-16-14-17-21-41)53-31-27-45(64(12,13)43-22-18-15-19-23-43)37-51(53)65(57)59-58(66(54)46-28-24-42(25-29-46)60(2,3)4)48-38-49-50(39-56(48)68-59)63(10,11)33-32-62(49,8)9/h14-31,34-39H,32-33H2,1-13H3/i1D3,14D,15D,16D,17D,18D,19D,20D,21D,28D,29D. The van der Waals surface area contributed by atoms with Gasteiger partial charge in [-0.1, -0.05) is 174 Å². The van der Waals surface area contributed by atoms with Crippen LogP contribution < -0.4 is 26.4 Å². The molecule has 11 rings (SSSR count). The summed E-state index contributed by atoms with van der Waals surface area (Å²) in [6.07, 6.45) is 1.88. The highest BCUT2D eigenvalue weighted by Gasteiger charge is 2.48. The minimum Gasteiger partial charge on any atom is -0.468 e. The van der Waals surface area contributed by atoms with E-state index in [0.717, 1.165) is 46.0 Å². The van der Waals surface area contributed by atoms with Crippen LogP contribution in [-0.4, -0.2) is 6.71 Å². The highest BCUT2D eigenvalue weighted by atomic mass is 16.3. The number of hydrogen-bond donors (Lipinski definition) is 0. The van der Waals surface area contributed by atoms with Crippen LogP contribution in [0.4, 0.5) is 34.1 Å². The molecule has 0 spiro atoms. The number of fused-ring (bicyclic) bond motifs is 7. The molecule has 0 amide bonds. The number of aryl methyl sites for hydroxylation is 1. The first-order valence-corrected chi connectivity index (χ1v) is 23.9. The Kier molecular flexibility index (Phi) is 7.05. The molecule has 0 unspecified atom stereocenters. The molecule has 0 atom stereocenters. The minimum absolute atomic E-state index is 0.0296. The highest BCUT2D eigenvalue weighted by molar-refractivity contribution is 7.00. The Morgan fingerprint density at radius 2 is 1.18 bits per heavy atom. The number of hydrogen-bond acceptors (Lipinski definition) is 3. The molecule has 342 valence electrons. The van der Waals surface area contributed by atoms with E-state index in [1.807, 2.05) is 95.5 Å². The Morgan fingerprint density at radius 1 is 0.574 bits per heavy atom. The average Bonchev–Trinajstić information content (AvgIpc) is 3.93. The second-order valence-corrected chi connectivity index (χ2v) is 23.2. The molecule has 2 aliphatic heterocycles. The molecule has 68 heavy (non-hydrogen) atoms. The molecule has 4 heteroatoms. The van der Waals surface area contributed by atoms with Crippen molar-refractivity contribution >= 4 is 68.4 Å². The van der Waals surface area contributed by atoms with Crippen LogP contribution in [0.1, 0.15) is 153 Å². The Bertz CT molecular complexity index is 3950. The van der Waals surface area contributed by atoms with Crippen LogP contribution in [0.25, 0.3) is 22.1 Å². The van der Waals surface area contributed by atoms with E-state index in [1.165, 1.54) is 0 Å². The van der Waals surface area contributed by atoms with Gasteiger partial charge in [-0.2, -0.15) is 0 Å². The quantitative estimate of drug-likeness (QED) is 0.160. The van der Waals surface area contributed by atoms with Gasteiger partial charge in [-0.3, -0.25) is 0 Å². The van der Waals surface area contributed by atoms with Gasteiger partial charge >= 0.3 is 0 Å². The number of anilines is 6. The maximum Gasteiger partial charge on any atom is 0.297 e. The van der Waals surface area contributed by atoms with E-state index in [0.29, 0.717) is 61.7 Å². The molecule has 0 N–H and O–H groups in total. The Labute approximate surface area is 424 Å². The molecule has 1 aromatic heterocycles. The van der Waals surface area contributed by atoms with Crippen molar-refractivity contribution in [1.29, 1.82) is 0 Å². The van der Waals surface area contributed by atoms with Gasteiger partial charge in [0.2, 0.25) is 0 Å². The summed E-state index contributed by atoms with van der Waals surface area (Å²) in [6, 6.07) is 23.6. The molecule has 3 aliphatic rings. The summed E-state index contributed by atoms with van der Waals surface area (Å²) < 4.78 is 126. The van der Waals surface area contributed by atoms with Crippen LogP contribution in [0, 0.1) is 6.85 Å². The van der Waals surface area contributed by atoms with E-state index in [9.17, 15) is 9.60 Å². The number of rotatable bonds is 5. The van der Waals surface area contributed by atoms with Crippen LogP contribution in [0.15, 0.2) is 150 Å². The predicted molar refractivity (Wildman–Crippen MR) is 292 cm³/mol. The Balaban J connectivity index is 1.34. The SMILES string of the molecule is [2H]c1cc(C(C)(C)c2ccc3c(c2)B2c4oc5cc6c(cc5c4N(c4c([2H])cc(C(C)(C)C)cc4[2H])c4cc(C([2H])([2H])[2H])cc(c42)N3c2ccc(C(C)(C)C)cc2-c2c([2H])c([2H])c([2H])c([2H])c2[2H])C(C)(C)CCC6(C)C)cc([2H])c1[2H]. The third-order valence-corrected chi connectivity index (χ3v) is 15.4. The topological polar surface area (TPSA) is 19.6 Å². The summed E-state index contributed by atoms with van der Waals surface area (Å²) in [5, 5.41) is 0.739. The third kappa shape index (κ3) is 6.91. The van der Waals surface area contributed by atoms with Gasteiger partial charge < -0.3 is 14.2 Å². The van der Waals surface area contributed by atoms with Gasteiger partial charge in [-0.25, -0.2) is 0 Å². The van der Waals surface area contributed by atoms with Gasteiger partial charge in [0.15, 0.2) is 0 Å². The molecule has 3 nitrogen and oxygen atoms in total. The lowest BCUT2D eigenvalue weighted by molar-refractivity contribution is 0.332. The minimum atomic E-state index is -2.71. The molecule has 1 aliphatic carbocycles. The normalized spacial score (nSPS) is 18.9. The molecule has 0 radical (unpaired) electrons. The summed E-state index contributed by atoms with van der Waals surface area (Å²) >= 11 is 0. The van der Waals surface area contributed by atoms with Crippen LogP contribution in [0.2, 0.25) is 0 Å². The second-order valence-electron chi connectivity index (χ2n) is 23.2. The largest absolute Gasteiger partial charge is 0.468 e. The summed E-state index contributed by atoms with van der Waals surface area (Å²) in [6.45, 7) is 21.7. The van der Waals surface area contributed by atoms with Crippen molar-refractivity contribution < 1.29 is 22.2 Å². The number of furan rings is 1. The molecular formula is C64H67BN2O. The van der Waals surface area contributed by atoms with E-state index < -0.39 is 60.0 Å². The van der Waals surface area contributed by atoms with E-state index in [1.54, 1.807) is 36.4 Å². The fourth-order valence-corrected chi connectivity index (χ4v) is 11.0. The number of nitrogens with zero attached hydrogens (tertiary/aromatic N) is 2. The molecule has 8 aromatic rings. The zero-order valence-electron chi connectivity index (χ0n) is 54.4. The Morgan fingerprint density at radius 3 is 1.82 bits per heavy atom. The zero-order valence-corrected chi connectivity index (χ0v) is 41.4. The molecule has 0 bridgehead atoms. The van der Waals surface area contributed by atoms with E-state index in [4.69, 9.17) is 12.6 Å². The van der Waals surface area contributed by atoms with Crippen LogP contribution >= 0.6 is 0 Å². The van der Waals surface area contributed by atoms with Crippen molar-refractivity contribution in [1.82, 2.24) is 0 Å². The van der Waals surface area contributed by atoms with Crippen LogP contribution in [-0.2, 0) is 27.1 Å². The molecule has 3 heterocycles. The second kappa shape index (κ2) is 15.1. The lowest BCUT2D eigenvalue weighted by Gasteiger charge is -2.44. The van der Waals surface area contributed by atoms with Crippen LogP contribution in [0.5, 0.6) is 0 Å². The van der Waals surface area contributed by atoms with E-state index in [2.05, 4.69) is 45.9 Å². The summed E-state index contributed by atoms with van der Waals surface area (Å²) in [4.78, 5) is 3.81. The summed E-state index contributed by atoms with van der Waals surface area (Å²) in [7, 11) is 0. The lowest BCUT2D eigenvalue weighted by atomic mass is 9.35. The van der Waals surface area contributed by atoms with Crippen molar-refractivity contribution in [3.63, 3.8) is 0 Å². The Hall–Kier alpha value is -6.26. The third-order valence-electron chi connectivity index (χ3n) is 15.4. The predicted octanol–water partition coefficient (Wildman–Crippen LogP) is 15.8. The van der Waals surface area contributed by atoms with Gasteiger partial charge in [-0.15, -0.1) is 0 Å². The maximum atomic E-state index is 9.98. The van der Waals surface area contributed by atoms with Gasteiger partial charge in [-0.05, 0) is 151 Å². The maximum absolute atomic E-state index is 9.98. The van der Waals surface area contributed by atoms with Gasteiger partial charge in [0.25, 0.3) is 6.71 Å². The van der Waals surface area contributed by atoms with Crippen molar-refractivity contribution in [3.05, 3.63) is 184 Å². The summed E-state index contributed by atoms with van der Waals surface area (Å²) in [5.74, 6) is 0. The summed E-state index contributed by atoms with van der Waals surface area (Å²) in [5.41, 5.74) is 8.35.